The molecule has 1 atom stereocenters. The fourth-order valence-electron chi connectivity index (χ4n) is 3.35. The van der Waals surface area contributed by atoms with Gasteiger partial charge in [0.2, 0.25) is 0 Å². The second kappa shape index (κ2) is 9.17. The van der Waals surface area contributed by atoms with Crippen LogP contribution in [-0.2, 0) is 13.0 Å². The lowest BCUT2D eigenvalue weighted by molar-refractivity contribution is 0.163. The van der Waals surface area contributed by atoms with Crippen molar-refractivity contribution in [3.8, 4) is 22.6 Å². The molecule has 28 heavy (non-hydrogen) atoms. The van der Waals surface area contributed by atoms with Crippen molar-refractivity contribution in [1.82, 2.24) is 10.3 Å². The maximum atomic E-state index is 13.1. The van der Waals surface area contributed by atoms with Gasteiger partial charge in [0.1, 0.15) is 11.9 Å². The highest BCUT2D eigenvalue weighted by molar-refractivity contribution is 8.93. The van der Waals surface area contributed by atoms with Crippen LogP contribution in [0.4, 0.5) is 4.39 Å². The molecule has 0 fully saturated rings. The number of fused-ring (bicyclic) bond motifs is 1. The molecule has 1 aromatic heterocycles. The van der Waals surface area contributed by atoms with Gasteiger partial charge in [0.25, 0.3) is 0 Å². The molecule has 0 spiro atoms. The lowest BCUT2D eigenvalue weighted by Gasteiger charge is -2.26. The van der Waals surface area contributed by atoms with Crippen molar-refractivity contribution in [3.63, 3.8) is 0 Å². The third-order valence-electron chi connectivity index (χ3n) is 4.77. The Labute approximate surface area is 174 Å². The van der Waals surface area contributed by atoms with E-state index in [0.29, 0.717) is 18.8 Å². The molecule has 0 radical (unpaired) electrons. The molecule has 1 unspecified atom stereocenters. The molecule has 6 heteroatoms. The Morgan fingerprint density at radius 1 is 1.11 bits per heavy atom. The lowest BCUT2D eigenvalue weighted by Crippen LogP contribution is -2.34. The molecule has 4 rings (SSSR count). The zero-order valence-corrected chi connectivity index (χ0v) is 17.0. The van der Waals surface area contributed by atoms with E-state index in [2.05, 4.69) is 16.4 Å². The molecule has 1 aliphatic rings. The van der Waals surface area contributed by atoms with Crippen LogP contribution in [0.2, 0.25) is 0 Å². The minimum atomic E-state index is -0.246. The van der Waals surface area contributed by atoms with Gasteiger partial charge in [0.15, 0.2) is 11.5 Å². The van der Waals surface area contributed by atoms with E-state index in [0.717, 1.165) is 35.1 Å². The minimum absolute atomic E-state index is 0. The highest BCUT2D eigenvalue weighted by atomic mass is 79.9. The fraction of sp³-hybridized carbons (Fsp3) is 0.227. The first kappa shape index (κ1) is 20.3. The number of aromatic hydroxyl groups is 1. The summed E-state index contributed by atoms with van der Waals surface area (Å²) in [5, 5.41) is 13.4. The average Bonchev–Trinajstić information content (AvgIpc) is 2.69. The molecule has 2 heterocycles. The van der Waals surface area contributed by atoms with Gasteiger partial charge in [0, 0.05) is 31.0 Å². The number of benzene rings is 2. The predicted molar refractivity (Wildman–Crippen MR) is 113 cm³/mol. The van der Waals surface area contributed by atoms with Crippen molar-refractivity contribution in [2.24, 2.45) is 0 Å². The first-order valence-corrected chi connectivity index (χ1v) is 9.07. The van der Waals surface area contributed by atoms with Crippen molar-refractivity contribution in [1.29, 1.82) is 0 Å². The smallest absolute Gasteiger partial charge is 0.164 e. The maximum absolute atomic E-state index is 13.1. The van der Waals surface area contributed by atoms with E-state index in [1.54, 1.807) is 24.4 Å². The summed E-state index contributed by atoms with van der Waals surface area (Å²) in [6.45, 7) is 1.35. The molecule has 2 aromatic carbocycles. The monoisotopic (exact) mass is 444 g/mol. The number of hydrogen-bond acceptors (Lipinski definition) is 4. The van der Waals surface area contributed by atoms with Gasteiger partial charge in [-0.3, -0.25) is 4.98 Å². The zero-order valence-electron chi connectivity index (χ0n) is 15.3. The average molecular weight is 445 g/mol. The number of pyridine rings is 1. The van der Waals surface area contributed by atoms with Crippen LogP contribution in [0.5, 0.6) is 11.5 Å². The Hall–Kier alpha value is -2.44. The predicted octanol–water partition coefficient (Wildman–Crippen LogP) is 4.65. The van der Waals surface area contributed by atoms with E-state index >= 15 is 0 Å². The van der Waals surface area contributed by atoms with E-state index in [1.165, 1.54) is 12.1 Å². The van der Waals surface area contributed by atoms with Gasteiger partial charge in [-0.1, -0.05) is 24.3 Å². The normalized spacial score (nSPS) is 15.2. The SMILES string of the molecule is Br.Oc1cccc2c1OC(CNCc1cncc(-c3ccc(F)cc3)c1)CC2. The lowest BCUT2D eigenvalue weighted by atomic mass is 10.0. The molecule has 0 saturated carbocycles. The van der Waals surface area contributed by atoms with Crippen LogP contribution in [0.15, 0.2) is 60.9 Å². The van der Waals surface area contributed by atoms with Gasteiger partial charge in [-0.25, -0.2) is 4.39 Å². The van der Waals surface area contributed by atoms with Crippen molar-refractivity contribution in [2.75, 3.05) is 6.54 Å². The van der Waals surface area contributed by atoms with E-state index in [-0.39, 0.29) is 34.7 Å². The van der Waals surface area contributed by atoms with Gasteiger partial charge in [-0.2, -0.15) is 0 Å². The topological polar surface area (TPSA) is 54.4 Å². The first-order valence-electron chi connectivity index (χ1n) is 9.07. The largest absolute Gasteiger partial charge is 0.504 e. The second-order valence-electron chi connectivity index (χ2n) is 6.76. The first-order chi connectivity index (χ1) is 13.2. The van der Waals surface area contributed by atoms with E-state index in [4.69, 9.17) is 4.74 Å². The molecule has 0 bridgehead atoms. The van der Waals surface area contributed by atoms with Crippen LogP contribution in [0, 0.1) is 5.82 Å². The number of halogens is 2. The minimum Gasteiger partial charge on any atom is -0.504 e. The second-order valence-corrected chi connectivity index (χ2v) is 6.76. The van der Waals surface area contributed by atoms with Crippen molar-refractivity contribution >= 4 is 17.0 Å². The summed E-state index contributed by atoms with van der Waals surface area (Å²) < 4.78 is 19.0. The summed E-state index contributed by atoms with van der Waals surface area (Å²) in [4.78, 5) is 4.29. The molecule has 1 aliphatic heterocycles. The van der Waals surface area contributed by atoms with Gasteiger partial charge < -0.3 is 15.2 Å². The maximum Gasteiger partial charge on any atom is 0.164 e. The summed E-state index contributed by atoms with van der Waals surface area (Å²) in [7, 11) is 0. The number of ether oxygens (including phenoxy) is 1. The number of aryl methyl sites for hydroxylation is 1. The van der Waals surface area contributed by atoms with E-state index in [1.807, 2.05) is 18.3 Å². The Morgan fingerprint density at radius 2 is 1.93 bits per heavy atom. The molecule has 3 aromatic rings. The molecular formula is C22H22BrFN2O2. The molecule has 146 valence electrons. The summed E-state index contributed by atoms with van der Waals surface area (Å²) in [5.74, 6) is 0.563. The summed E-state index contributed by atoms with van der Waals surface area (Å²) in [5.41, 5.74) is 4.01. The van der Waals surface area contributed by atoms with Crippen molar-refractivity contribution < 1.29 is 14.2 Å². The van der Waals surface area contributed by atoms with Crippen molar-refractivity contribution in [3.05, 3.63) is 77.9 Å². The third-order valence-corrected chi connectivity index (χ3v) is 4.77. The third kappa shape index (κ3) is 4.69. The van der Waals surface area contributed by atoms with E-state index < -0.39 is 0 Å². The highest BCUT2D eigenvalue weighted by Crippen LogP contribution is 2.35. The number of rotatable bonds is 5. The van der Waals surface area contributed by atoms with Crippen LogP contribution in [0.1, 0.15) is 17.5 Å². The number of nitrogens with zero attached hydrogens (tertiary/aromatic N) is 1. The molecule has 2 N–H and O–H groups in total. The molecule has 0 amide bonds. The quantitative estimate of drug-likeness (QED) is 0.600. The summed E-state index contributed by atoms with van der Waals surface area (Å²) in [6.07, 6.45) is 5.44. The highest BCUT2D eigenvalue weighted by Gasteiger charge is 2.21. The van der Waals surface area contributed by atoms with Gasteiger partial charge in [-0.05, 0) is 53.8 Å². The number of hydrogen-bond donors (Lipinski definition) is 2. The van der Waals surface area contributed by atoms with Crippen LogP contribution >= 0.6 is 17.0 Å². The number of para-hydroxylation sites is 1. The van der Waals surface area contributed by atoms with Crippen LogP contribution in [0.25, 0.3) is 11.1 Å². The molecule has 4 nitrogen and oxygen atoms in total. The Bertz CT molecular complexity index is 934. The summed E-state index contributed by atoms with van der Waals surface area (Å²) >= 11 is 0. The Kier molecular flexibility index (Phi) is 6.65. The van der Waals surface area contributed by atoms with Gasteiger partial charge in [-0.15, -0.1) is 17.0 Å². The number of phenolic OH excluding ortho intramolecular Hbond substituents is 1. The van der Waals surface area contributed by atoms with Gasteiger partial charge >= 0.3 is 0 Å². The molecule has 0 saturated heterocycles. The fourth-order valence-corrected chi connectivity index (χ4v) is 3.35. The zero-order chi connectivity index (χ0) is 18.6. The molecule has 0 aliphatic carbocycles. The Morgan fingerprint density at radius 3 is 2.75 bits per heavy atom. The summed E-state index contributed by atoms with van der Waals surface area (Å²) in [6, 6.07) is 14.0. The van der Waals surface area contributed by atoms with Crippen molar-refractivity contribution in [2.45, 2.75) is 25.5 Å². The van der Waals surface area contributed by atoms with Crippen LogP contribution in [0.3, 0.4) is 0 Å². The standard InChI is InChI=1S/C22H21FN2O2.BrH/c23-19-7-4-16(5-8-19)18-10-15(11-24-13-18)12-25-14-20-9-6-17-2-1-3-21(26)22(17)27-20;/h1-5,7-8,10-11,13,20,25-26H,6,9,12,14H2;1H. The number of phenols is 1. The van der Waals surface area contributed by atoms with Gasteiger partial charge in [0.05, 0.1) is 0 Å². The molecular weight excluding hydrogens is 423 g/mol. The number of nitrogens with one attached hydrogen (secondary N) is 1. The van der Waals surface area contributed by atoms with Crippen LogP contribution < -0.4 is 10.1 Å². The van der Waals surface area contributed by atoms with Crippen LogP contribution in [-0.4, -0.2) is 22.7 Å². The number of aromatic nitrogens is 1. The Balaban J connectivity index is 0.00000225. The van der Waals surface area contributed by atoms with E-state index in [9.17, 15) is 9.50 Å².